The highest BCUT2D eigenvalue weighted by Gasteiger charge is 2.24. The average molecular weight is 338 g/mol. The molecule has 3 rings (SSSR count). The molecular weight excluding hydrogens is 318 g/mol. The van der Waals surface area contributed by atoms with Gasteiger partial charge in [0.25, 0.3) is 0 Å². The monoisotopic (exact) mass is 337 g/mol. The number of nitrogens with one attached hydrogen (secondary N) is 1. The van der Waals surface area contributed by atoms with Gasteiger partial charge in [-0.3, -0.25) is 5.10 Å². The third-order valence-corrected chi connectivity index (χ3v) is 4.98. The Labute approximate surface area is 127 Å². The van der Waals surface area contributed by atoms with E-state index in [2.05, 4.69) is 50.9 Å². The van der Waals surface area contributed by atoms with Crippen molar-refractivity contribution in [3.8, 4) is 0 Å². The molecule has 1 aromatic heterocycles. The molecule has 4 nitrogen and oxygen atoms in total. The summed E-state index contributed by atoms with van der Waals surface area (Å²) in [6.07, 6.45) is 4.08. The van der Waals surface area contributed by atoms with Crippen LogP contribution in [0.5, 0.6) is 0 Å². The van der Waals surface area contributed by atoms with Crippen molar-refractivity contribution in [3.63, 3.8) is 0 Å². The summed E-state index contributed by atoms with van der Waals surface area (Å²) in [6.45, 7) is 7.11. The van der Waals surface area contributed by atoms with Gasteiger partial charge in [0.2, 0.25) is 0 Å². The van der Waals surface area contributed by atoms with Crippen LogP contribution in [0.25, 0.3) is 10.9 Å². The Kier molecular flexibility index (Phi) is 3.98. The smallest absolute Gasteiger partial charge is 0.0887 e. The van der Waals surface area contributed by atoms with E-state index in [0.717, 1.165) is 48.0 Å². The van der Waals surface area contributed by atoms with Crippen LogP contribution in [-0.2, 0) is 4.74 Å². The normalized spacial score (nSPS) is 16.8. The maximum absolute atomic E-state index is 5.50. The Bertz CT molecular complexity index is 604. The molecule has 0 aliphatic carbocycles. The van der Waals surface area contributed by atoms with Crippen molar-refractivity contribution >= 4 is 32.5 Å². The molecule has 1 N–H and O–H groups in total. The topological polar surface area (TPSA) is 41.2 Å². The van der Waals surface area contributed by atoms with Crippen LogP contribution in [0.2, 0.25) is 0 Å². The summed E-state index contributed by atoms with van der Waals surface area (Å²) in [6, 6.07) is 2.68. The van der Waals surface area contributed by atoms with E-state index in [9.17, 15) is 0 Å². The summed E-state index contributed by atoms with van der Waals surface area (Å²) < 4.78 is 6.65. The molecule has 5 heteroatoms. The summed E-state index contributed by atoms with van der Waals surface area (Å²) in [5.41, 5.74) is 3.69. The Morgan fingerprint density at radius 1 is 1.45 bits per heavy atom. The number of fused-ring (bicyclic) bond motifs is 1. The largest absolute Gasteiger partial charge is 0.381 e. The Morgan fingerprint density at radius 3 is 2.90 bits per heavy atom. The lowest BCUT2D eigenvalue weighted by Gasteiger charge is -2.36. The molecule has 1 aromatic carbocycles. The third-order valence-electron chi connectivity index (χ3n) is 4.16. The molecule has 1 fully saturated rings. The number of anilines is 1. The van der Waals surface area contributed by atoms with Gasteiger partial charge in [0, 0.05) is 35.7 Å². The van der Waals surface area contributed by atoms with Gasteiger partial charge in [-0.1, -0.05) is 15.9 Å². The number of halogens is 1. The first-order valence-corrected chi connectivity index (χ1v) is 7.98. The van der Waals surface area contributed by atoms with E-state index in [4.69, 9.17) is 4.74 Å². The van der Waals surface area contributed by atoms with Crippen LogP contribution < -0.4 is 4.90 Å². The molecule has 0 radical (unpaired) electrons. The fourth-order valence-corrected chi connectivity index (χ4v) is 3.53. The molecule has 2 heterocycles. The van der Waals surface area contributed by atoms with Gasteiger partial charge in [-0.15, -0.1) is 0 Å². The maximum Gasteiger partial charge on any atom is 0.0887 e. The summed E-state index contributed by atoms with van der Waals surface area (Å²) in [5, 5.41) is 8.53. The van der Waals surface area contributed by atoms with Gasteiger partial charge in [-0.25, -0.2) is 0 Å². The predicted octanol–water partition coefficient (Wildman–Crippen LogP) is 3.64. The molecule has 0 saturated carbocycles. The van der Waals surface area contributed by atoms with Crippen molar-refractivity contribution in [2.45, 2.75) is 32.7 Å². The molecule has 2 aromatic rings. The second kappa shape index (κ2) is 5.74. The van der Waals surface area contributed by atoms with E-state index in [1.165, 1.54) is 11.3 Å². The van der Waals surface area contributed by atoms with Gasteiger partial charge in [0.15, 0.2) is 0 Å². The first kappa shape index (κ1) is 13.9. The van der Waals surface area contributed by atoms with Crippen molar-refractivity contribution in [1.82, 2.24) is 10.2 Å². The van der Waals surface area contributed by atoms with E-state index < -0.39 is 0 Å². The number of benzene rings is 1. The van der Waals surface area contributed by atoms with Crippen LogP contribution in [0.3, 0.4) is 0 Å². The van der Waals surface area contributed by atoms with Crippen LogP contribution >= 0.6 is 15.9 Å². The Balaban J connectivity index is 2.10. The highest BCUT2D eigenvalue weighted by atomic mass is 79.9. The minimum Gasteiger partial charge on any atom is -0.381 e. The molecule has 0 amide bonds. The number of H-pyrrole nitrogens is 1. The minimum atomic E-state index is 0.549. The van der Waals surface area contributed by atoms with Gasteiger partial charge in [-0.2, -0.15) is 5.10 Å². The molecule has 0 bridgehead atoms. The van der Waals surface area contributed by atoms with Crippen LogP contribution in [0, 0.1) is 6.92 Å². The molecule has 20 heavy (non-hydrogen) atoms. The molecular formula is C15H20BrN3O. The fraction of sp³-hybridized carbons (Fsp3) is 0.533. The van der Waals surface area contributed by atoms with Crippen LogP contribution in [0.1, 0.15) is 25.3 Å². The SMILES string of the molecule is CCN(c1c(C)c(Br)cc2cn[nH]c12)C1CCOCC1. The highest BCUT2D eigenvalue weighted by molar-refractivity contribution is 9.10. The van der Waals surface area contributed by atoms with Gasteiger partial charge in [0.05, 0.1) is 17.4 Å². The quantitative estimate of drug-likeness (QED) is 0.929. The maximum atomic E-state index is 5.50. The zero-order valence-corrected chi connectivity index (χ0v) is 13.5. The summed E-state index contributed by atoms with van der Waals surface area (Å²) in [5.74, 6) is 0. The fourth-order valence-electron chi connectivity index (χ4n) is 3.09. The van der Waals surface area contributed by atoms with E-state index in [-0.39, 0.29) is 0 Å². The second-order valence-electron chi connectivity index (χ2n) is 5.30. The summed E-state index contributed by atoms with van der Waals surface area (Å²) >= 11 is 3.68. The highest BCUT2D eigenvalue weighted by Crippen LogP contribution is 2.36. The number of ether oxygens (including phenoxy) is 1. The molecule has 1 aliphatic heterocycles. The lowest BCUT2D eigenvalue weighted by Crippen LogP contribution is -2.40. The van der Waals surface area contributed by atoms with E-state index in [1.54, 1.807) is 0 Å². The van der Waals surface area contributed by atoms with Gasteiger partial charge in [-0.05, 0) is 38.3 Å². The van der Waals surface area contributed by atoms with Crippen molar-refractivity contribution in [2.75, 3.05) is 24.7 Å². The predicted molar refractivity (Wildman–Crippen MR) is 85.4 cm³/mol. The number of aromatic nitrogens is 2. The summed E-state index contributed by atoms with van der Waals surface area (Å²) in [4.78, 5) is 2.50. The van der Waals surface area contributed by atoms with Crippen LogP contribution in [-0.4, -0.2) is 36.0 Å². The second-order valence-corrected chi connectivity index (χ2v) is 6.15. The number of hydrogen-bond donors (Lipinski definition) is 1. The first-order valence-electron chi connectivity index (χ1n) is 7.19. The van der Waals surface area contributed by atoms with E-state index >= 15 is 0 Å². The van der Waals surface area contributed by atoms with E-state index in [1.807, 2.05) is 6.20 Å². The lowest BCUT2D eigenvalue weighted by atomic mass is 10.0. The van der Waals surface area contributed by atoms with Crippen molar-refractivity contribution < 1.29 is 4.74 Å². The molecule has 0 unspecified atom stereocenters. The van der Waals surface area contributed by atoms with Crippen LogP contribution in [0.15, 0.2) is 16.7 Å². The van der Waals surface area contributed by atoms with Crippen molar-refractivity contribution in [2.24, 2.45) is 0 Å². The lowest BCUT2D eigenvalue weighted by molar-refractivity contribution is 0.0846. The first-order chi connectivity index (χ1) is 9.72. The number of nitrogens with zero attached hydrogens (tertiary/aromatic N) is 2. The molecule has 1 saturated heterocycles. The molecule has 108 valence electrons. The Hall–Kier alpha value is -1.07. The Morgan fingerprint density at radius 2 is 2.20 bits per heavy atom. The summed E-state index contributed by atoms with van der Waals surface area (Å²) in [7, 11) is 0. The third kappa shape index (κ3) is 2.33. The molecule has 0 spiro atoms. The van der Waals surface area contributed by atoms with Crippen molar-refractivity contribution in [1.29, 1.82) is 0 Å². The zero-order chi connectivity index (χ0) is 14.1. The zero-order valence-electron chi connectivity index (χ0n) is 11.9. The van der Waals surface area contributed by atoms with Gasteiger partial charge in [0.1, 0.15) is 0 Å². The number of rotatable bonds is 3. The van der Waals surface area contributed by atoms with Gasteiger partial charge >= 0.3 is 0 Å². The van der Waals surface area contributed by atoms with E-state index in [0.29, 0.717) is 6.04 Å². The minimum absolute atomic E-state index is 0.549. The average Bonchev–Trinajstić information content (AvgIpc) is 2.92. The number of hydrogen-bond acceptors (Lipinski definition) is 3. The number of aromatic amines is 1. The molecule has 1 aliphatic rings. The van der Waals surface area contributed by atoms with Crippen LogP contribution in [0.4, 0.5) is 5.69 Å². The molecule has 0 atom stereocenters. The standard InChI is InChI=1S/C15H20BrN3O/c1-3-19(12-4-6-20-7-5-12)15-10(2)13(16)8-11-9-17-18-14(11)15/h8-9,12H,3-7H2,1-2H3,(H,17,18). The van der Waals surface area contributed by atoms with Crippen molar-refractivity contribution in [3.05, 3.63) is 22.3 Å². The van der Waals surface area contributed by atoms with Gasteiger partial charge < -0.3 is 9.64 Å².